The number of nitrogens with zero attached hydrogens (tertiary/aromatic N) is 2. The summed E-state index contributed by atoms with van der Waals surface area (Å²) in [5, 5.41) is 2.51. The fraction of sp³-hybridized carbons (Fsp3) is 0.379. The van der Waals surface area contributed by atoms with Crippen molar-refractivity contribution in [2.45, 2.75) is 46.0 Å². The average molecular weight is 578 g/mol. The number of carbonyl (C=O) groups excluding carboxylic acids is 2. The van der Waals surface area contributed by atoms with Crippen LogP contribution in [0.4, 0.5) is 23.7 Å². The summed E-state index contributed by atoms with van der Waals surface area (Å²) in [5.74, 6) is 0.913. The number of anilines is 1. The molecule has 3 amide bonds. The van der Waals surface area contributed by atoms with E-state index in [9.17, 15) is 22.8 Å². The van der Waals surface area contributed by atoms with Crippen molar-refractivity contribution in [3.05, 3.63) is 75.5 Å². The van der Waals surface area contributed by atoms with Gasteiger partial charge in [-0.2, -0.15) is 13.2 Å². The van der Waals surface area contributed by atoms with E-state index in [4.69, 9.17) is 9.47 Å². The lowest BCUT2D eigenvalue weighted by Crippen LogP contribution is -2.47. The van der Waals surface area contributed by atoms with Gasteiger partial charge in [0.1, 0.15) is 6.54 Å². The van der Waals surface area contributed by atoms with Gasteiger partial charge in [-0.3, -0.25) is 4.79 Å². The number of amides is 3. The van der Waals surface area contributed by atoms with Gasteiger partial charge in [0.2, 0.25) is 5.91 Å². The largest absolute Gasteiger partial charge is 0.493 e. The van der Waals surface area contributed by atoms with Crippen molar-refractivity contribution in [2.75, 3.05) is 32.6 Å². The summed E-state index contributed by atoms with van der Waals surface area (Å²) >= 11 is 1.59. The minimum absolute atomic E-state index is 0.00251. The average Bonchev–Trinajstić information content (AvgIpc) is 3.33. The zero-order valence-electron chi connectivity index (χ0n) is 23.2. The van der Waals surface area contributed by atoms with Crippen LogP contribution in [-0.2, 0) is 23.9 Å². The molecule has 1 heterocycles. The lowest BCUT2D eigenvalue weighted by Gasteiger charge is -2.30. The third-order valence-corrected chi connectivity index (χ3v) is 7.23. The highest BCUT2D eigenvalue weighted by Gasteiger charge is 2.31. The Morgan fingerprint density at radius 3 is 2.33 bits per heavy atom. The van der Waals surface area contributed by atoms with E-state index < -0.39 is 17.8 Å². The molecule has 1 N–H and O–H groups in total. The number of alkyl halides is 3. The molecule has 0 spiro atoms. The Hall–Kier alpha value is -3.73. The Bertz CT molecular complexity index is 1310. The van der Waals surface area contributed by atoms with Gasteiger partial charge >= 0.3 is 12.2 Å². The van der Waals surface area contributed by atoms with Gasteiger partial charge in [0.05, 0.1) is 26.3 Å². The topological polar surface area (TPSA) is 71.1 Å². The molecule has 216 valence electrons. The smallest absolute Gasteiger partial charge is 0.416 e. The van der Waals surface area contributed by atoms with Gasteiger partial charge in [-0.15, -0.1) is 11.3 Å². The molecular formula is C29H34F3N3O4S. The number of aryl methyl sites for hydroxylation is 1. The van der Waals surface area contributed by atoms with Crippen molar-refractivity contribution < 1.29 is 32.2 Å². The molecule has 11 heteroatoms. The van der Waals surface area contributed by atoms with E-state index in [1.54, 1.807) is 44.3 Å². The van der Waals surface area contributed by atoms with E-state index >= 15 is 0 Å². The first kappa shape index (κ1) is 30.8. The predicted octanol–water partition coefficient (Wildman–Crippen LogP) is 6.61. The summed E-state index contributed by atoms with van der Waals surface area (Å²) in [6, 6.07) is 12.9. The number of urea groups is 1. The third-order valence-electron chi connectivity index (χ3n) is 6.24. The van der Waals surface area contributed by atoms with E-state index in [0.717, 1.165) is 27.5 Å². The standard InChI is InChI=1S/C29H34F3N3O4S/c1-19(2)35(28(37)33-23-8-6-7-22(16-23)29(30,31)32)18-27(36)34(17-24-11-9-20(3)40-24)14-13-21-10-12-25(38-4)26(15-21)39-5/h6-12,15-16,19H,13-14,17-18H2,1-5H3,(H,33,37). The number of thiophene rings is 1. The maximum atomic E-state index is 13.6. The first-order valence-corrected chi connectivity index (χ1v) is 13.5. The van der Waals surface area contributed by atoms with Crippen molar-refractivity contribution in [1.29, 1.82) is 0 Å². The van der Waals surface area contributed by atoms with Crippen LogP contribution in [0.2, 0.25) is 0 Å². The summed E-state index contributed by atoms with van der Waals surface area (Å²) in [5.41, 5.74) is 0.0724. The number of methoxy groups -OCH3 is 2. The highest BCUT2D eigenvalue weighted by molar-refractivity contribution is 7.11. The van der Waals surface area contributed by atoms with Crippen LogP contribution in [-0.4, -0.2) is 55.1 Å². The Labute approximate surface area is 236 Å². The van der Waals surface area contributed by atoms with Crippen LogP contribution in [0.25, 0.3) is 0 Å². The molecule has 7 nitrogen and oxygen atoms in total. The Morgan fingerprint density at radius 2 is 1.73 bits per heavy atom. The lowest BCUT2D eigenvalue weighted by molar-refractivity contribution is -0.137. The highest BCUT2D eigenvalue weighted by Crippen LogP contribution is 2.31. The Kier molecular flexibility index (Phi) is 10.4. The maximum absolute atomic E-state index is 13.6. The Balaban J connectivity index is 1.77. The van der Waals surface area contributed by atoms with Crippen LogP contribution < -0.4 is 14.8 Å². The van der Waals surface area contributed by atoms with Gasteiger partial charge in [-0.1, -0.05) is 12.1 Å². The number of nitrogens with one attached hydrogen (secondary N) is 1. The van der Waals surface area contributed by atoms with E-state index in [2.05, 4.69) is 5.32 Å². The number of hydrogen-bond donors (Lipinski definition) is 1. The van der Waals surface area contributed by atoms with Gasteiger partial charge in [0, 0.05) is 28.0 Å². The molecule has 0 fully saturated rings. The van der Waals surface area contributed by atoms with Crippen LogP contribution >= 0.6 is 11.3 Å². The highest BCUT2D eigenvalue weighted by atomic mass is 32.1. The van der Waals surface area contributed by atoms with E-state index in [1.165, 1.54) is 17.0 Å². The molecule has 0 aliphatic heterocycles. The summed E-state index contributed by atoms with van der Waals surface area (Å²) in [7, 11) is 3.12. The summed E-state index contributed by atoms with van der Waals surface area (Å²) in [4.78, 5) is 31.8. The second-order valence-corrected chi connectivity index (χ2v) is 10.9. The first-order valence-electron chi connectivity index (χ1n) is 12.7. The molecule has 0 aliphatic rings. The van der Waals surface area contributed by atoms with Crippen molar-refractivity contribution in [2.24, 2.45) is 0 Å². The SMILES string of the molecule is COc1ccc(CCN(Cc2ccc(C)s2)C(=O)CN(C(=O)Nc2cccc(C(F)(F)F)c2)C(C)C)cc1OC. The third kappa shape index (κ3) is 8.38. The molecule has 0 radical (unpaired) electrons. The molecule has 0 saturated heterocycles. The van der Waals surface area contributed by atoms with Crippen LogP contribution in [0.5, 0.6) is 11.5 Å². The normalized spacial score (nSPS) is 11.3. The molecule has 3 aromatic rings. The number of ether oxygens (including phenoxy) is 2. The van der Waals surface area contributed by atoms with E-state index in [1.807, 2.05) is 37.3 Å². The molecule has 40 heavy (non-hydrogen) atoms. The second kappa shape index (κ2) is 13.6. The number of halogens is 3. The molecule has 3 rings (SSSR count). The zero-order valence-corrected chi connectivity index (χ0v) is 24.0. The minimum atomic E-state index is -4.54. The lowest BCUT2D eigenvalue weighted by atomic mass is 10.1. The quantitative estimate of drug-likeness (QED) is 0.279. The molecule has 0 unspecified atom stereocenters. The fourth-order valence-corrected chi connectivity index (χ4v) is 4.96. The van der Waals surface area contributed by atoms with Gasteiger partial charge in [-0.05, 0) is 75.2 Å². The Morgan fingerprint density at radius 1 is 1.00 bits per heavy atom. The van der Waals surface area contributed by atoms with Crippen LogP contribution in [0.3, 0.4) is 0 Å². The van der Waals surface area contributed by atoms with E-state index in [0.29, 0.717) is 31.0 Å². The number of hydrogen-bond acceptors (Lipinski definition) is 5. The van der Waals surface area contributed by atoms with Crippen molar-refractivity contribution in [1.82, 2.24) is 9.80 Å². The molecular weight excluding hydrogens is 543 g/mol. The number of benzene rings is 2. The summed E-state index contributed by atoms with van der Waals surface area (Å²) in [6.45, 7) is 5.99. The summed E-state index contributed by atoms with van der Waals surface area (Å²) < 4.78 is 50.1. The fourth-order valence-electron chi connectivity index (χ4n) is 4.05. The van der Waals surface area contributed by atoms with Crippen molar-refractivity contribution >= 4 is 29.0 Å². The van der Waals surface area contributed by atoms with E-state index in [-0.39, 0.29) is 24.2 Å². The van der Waals surface area contributed by atoms with Gasteiger partial charge in [0.15, 0.2) is 11.5 Å². The summed E-state index contributed by atoms with van der Waals surface area (Å²) in [6.07, 6.45) is -4.00. The maximum Gasteiger partial charge on any atom is 0.416 e. The van der Waals surface area contributed by atoms with Crippen LogP contribution in [0.1, 0.15) is 34.7 Å². The predicted molar refractivity (Wildman–Crippen MR) is 150 cm³/mol. The monoisotopic (exact) mass is 577 g/mol. The van der Waals surface area contributed by atoms with Crippen molar-refractivity contribution in [3.8, 4) is 11.5 Å². The van der Waals surface area contributed by atoms with Gasteiger partial charge < -0.3 is 24.6 Å². The van der Waals surface area contributed by atoms with Gasteiger partial charge in [0.25, 0.3) is 0 Å². The molecule has 2 aromatic carbocycles. The molecule has 0 atom stereocenters. The molecule has 1 aromatic heterocycles. The molecule has 0 aliphatic carbocycles. The molecule has 0 bridgehead atoms. The first-order chi connectivity index (χ1) is 18.9. The van der Waals surface area contributed by atoms with Crippen LogP contribution in [0, 0.1) is 6.92 Å². The number of carbonyl (C=O) groups is 2. The number of rotatable bonds is 11. The van der Waals surface area contributed by atoms with Crippen LogP contribution in [0.15, 0.2) is 54.6 Å². The minimum Gasteiger partial charge on any atom is -0.493 e. The second-order valence-electron chi connectivity index (χ2n) is 9.50. The van der Waals surface area contributed by atoms with Crippen molar-refractivity contribution in [3.63, 3.8) is 0 Å². The van der Waals surface area contributed by atoms with Gasteiger partial charge in [-0.25, -0.2) is 4.79 Å². The molecule has 0 saturated carbocycles. The zero-order chi connectivity index (χ0) is 29.4.